The van der Waals surface area contributed by atoms with E-state index >= 15 is 0 Å². The molecular weight excluding hydrogens is 708 g/mol. The number of carboxylic acid groups (broad SMARTS) is 2. The largest absolute Gasteiger partial charge is 0.481 e. The third-order valence-electron chi connectivity index (χ3n) is 8.68. The van der Waals surface area contributed by atoms with Crippen LogP contribution >= 0.6 is 0 Å². The van der Waals surface area contributed by atoms with Crippen LogP contribution in [0.2, 0.25) is 0 Å². The number of imide groups is 1. The number of carboxylic acids is 2. The first-order valence-corrected chi connectivity index (χ1v) is 19.3. The summed E-state index contributed by atoms with van der Waals surface area (Å²) in [6, 6.07) is -1.23. The number of carbonyl (C=O) groups excluding carboxylic acids is 6. The number of nitrogens with zero attached hydrogens (tertiary/aromatic N) is 1. The molecule has 54 heavy (non-hydrogen) atoms. The molecule has 1 fully saturated rings. The molecule has 5 amide bonds. The maximum absolute atomic E-state index is 12.6. The monoisotopic (exact) mass is 770 g/mol. The Hall–Kier alpha value is -4.12. The average molecular weight is 771 g/mol. The minimum atomic E-state index is -1.31. The maximum Gasteiger partial charge on any atom is 0.358 e. The lowest BCUT2D eigenvalue weighted by molar-refractivity contribution is -0.200. The van der Waals surface area contributed by atoms with Crippen molar-refractivity contribution in [3.05, 3.63) is 0 Å². The van der Waals surface area contributed by atoms with Gasteiger partial charge in [-0.15, -0.1) is 5.06 Å². The lowest BCUT2D eigenvalue weighted by Gasteiger charge is -2.25. The van der Waals surface area contributed by atoms with Gasteiger partial charge in [0.15, 0.2) is 0 Å². The Morgan fingerprint density at radius 2 is 1.19 bits per heavy atom. The molecule has 5 N–H and O–H groups in total. The van der Waals surface area contributed by atoms with Crippen LogP contribution in [0.15, 0.2) is 0 Å². The molecule has 0 bridgehead atoms. The summed E-state index contributed by atoms with van der Waals surface area (Å²) in [5.74, 6) is -5.48. The van der Waals surface area contributed by atoms with E-state index < -0.39 is 59.7 Å². The van der Waals surface area contributed by atoms with Crippen molar-refractivity contribution in [3.63, 3.8) is 0 Å². The van der Waals surface area contributed by atoms with E-state index in [2.05, 4.69) is 20.8 Å². The third-order valence-corrected chi connectivity index (χ3v) is 8.68. The van der Waals surface area contributed by atoms with Crippen molar-refractivity contribution < 1.29 is 62.9 Å². The fraction of sp³-hybridized carbons (Fsp3) is 0.784. The van der Waals surface area contributed by atoms with Gasteiger partial charge in [0.05, 0.1) is 19.8 Å². The molecule has 0 aliphatic carbocycles. The predicted octanol–water partition coefficient (Wildman–Crippen LogP) is 3.31. The Morgan fingerprint density at radius 1 is 0.685 bits per heavy atom. The van der Waals surface area contributed by atoms with E-state index in [9.17, 15) is 43.5 Å². The highest BCUT2D eigenvalue weighted by Gasteiger charge is 2.33. The molecule has 1 atom stereocenters. The van der Waals surface area contributed by atoms with Gasteiger partial charge in [-0.2, -0.15) is 0 Å². The summed E-state index contributed by atoms with van der Waals surface area (Å²) in [5.41, 5.74) is -1.31. The fourth-order valence-electron chi connectivity index (χ4n) is 5.57. The molecule has 1 rings (SSSR count). The van der Waals surface area contributed by atoms with Gasteiger partial charge in [0, 0.05) is 38.6 Å². The van der Waals surface area contributed by atoms with Crippen LogP contribution in [-0.2, 0) is 52.7 Å². The standard InChI is InChI=1S/C37H62N4O13/c1-37(2,36(51)38-23-24-52-25-26-53-27-34(48)54-41-31(44)21-22-32(41)45)40-30(43)20-19-28(35(49)50)39-29(42)17-15-13-11-9-7-5-3-4-6-8-10-12-14-16-18-33(46)47/h28H,3-27H2,1-2H3,(H,38,51)(H,39,42)(H,40,43)(H,46,47)(H,49,50)/t28-/m0/s1. The zero-order valence-corrected chi connectivity index (χ0v) is 32.1. The molecule has 1 heterocycles. The molecule has 0 spiro atoms. The second-order valence-corrected chi connectivity index (χ2v) is 14.0. The van der Waals surface area contributed by atoms with Crippen LogP contribution in [0.3, 0.4) is 0 Å². The van der Waals surface area contributed by atoms with Gasteiger partial charge in [-0.3, -0.25) is 28.8 Å². The molecule has 1 aliphatic heterocycles. The second-order valence-electron chi connectivity index (χ2n) is 14.0. The van der Waals surface area contributed by atoms with Crippen LogP contribution in [-0.4, -0.2) is 107 Å². The van der Waals surface area contributed by atoms with Gasteiger partial charge >= 0.3 is 17.9 Å². The number of ether oxygens (including phenoxy) is 2. The van der Waals surface area contributed by atoms with Crippen LogP contribution in [0.25, 0.3) is 0 Å². The van der Waals surface area contributed by atoms with Crippen molar-refractivity contribution in [1.29, 1.82) is 0 Å². The first kappa shape index (κ1) is 47.9. The summed E-state index contributed by atoms with van der Waals surface area (Å²) in [5, 5.41) is 26.3. The van der Waals surface area contributed by atoms with Crippen molar-refractivity contribution in [1.82, 2.24) is 21.0 Å². The molecule has 0 aromatic heterocycles. The number of rotatable bonds is 33. The van der Waals surface area contributed by atoms with Crippen molar-refractivity contribution in [2.75, 3.05) is 33.0 Å². The first-order chi connectivity index (χ1) is 25.7. The molecule has 17 heteroatoms. The minimum Gasteiger partial charge on any atom is -0.481 e. The van der Waals surface area contributed by atoms with Gasteiger partial charge in [0.2, 0.25) is 17.7 Å². The van der Waals surface area contributed by atoms with E-state index in [1.54, 1.807) is 0 Å². The zero-order valence-electron chi connectivity index (χ0n) is 32.1. The van der Waals surface area contributed by atoms with Gasteiger partial charge in [0.1, 0.15) is 18.2 Å². The Labute approximate surface area is 317 Å². The van der Waals surface area contributed by atoms with Gasteiger partial charge in [-0.1, -0.05) is 77.0 Å². The molecule has 308 valence electrons. The predicted molar refractivity (Wildman–Crippen MR) is 194 cm³/mol. The van der Waals surface area contributed by atoms with Crippen LogP contribution in [0.5, 0.6) is 0 Å². The maximum atomic E-state index is 12.6. The number of nitrogens with one attached hydrogen (secondary N) is 3. The molecular formula is C37H62N4O13. The molecule has 0 radical (unpaired) electrons. The van der Waals surface area contributed by atoms with Crippen LogP contribution in [0.4, 0.5) is 0 Å². The summed E-state index contributed by atoms with van der Waals surface area (Å²) in [4.78, 5) is 99.0. The average Bonchev–Trinajstić information content (AvgIpc) is 3.42. The second kappa shape index (κ2) is 28.3. The van der Waals surface area contributed by atoms with E-state index in [4.69, 9.17) is 14.6 Å². The normalized spacial score (nSPS) is 13.4. The fourth-order valence-corrected chi connectivity index (χ4v) is 5.57. The SMILES string of the molecule is CC(C)(NC(=O)CC[C@H](NC(=O)CCCCCCCCCCCCCCCCC(=O)O)C(=O)O)C(=O)NCCOCCOCC(=O)ON1C(=O)CCC1=O. The van der Waals surface area contributed by atoms with E-state index in [-0.39, 0.29) is 70.8 Å². The van der Waals surface area contributed by atoms with Crippen molar-refractivity contribution in [2.24, 2.45) is 0 Å². The number of hydrogen-bond acceptors (Lipinski definition) is 11. The third kappa shape index (κ3) is 23.5. The van der Waals surface area contributed by atoms with Gasteiger partial charge in [-0.25, -0.2) is 9.59 Å². The van der Waals surface area contributed by atoms with Crippen molar-refractivity contribution in [3.8, 4) is 0 Å². The summed E-state index contributed by atoms with van der Waals surface area (Å²) in [6.07, 6.45) is 14.9. The van der Waals surface area contributed by atoms with Gasteiger partial charge < -0.3 is 40.5 Å². The van der Waals surface area contributed by atoms with Crippen LogP contribution in [0.1, 0.15) is 142 Å². The van der Waals surface area contributed by atoms with E-state index in [1.807, 2.05) is 0 Å². The molecule has 0 unspecified atom stereocenters. The molecule has 17 nitrogen and oxygen atoms in total. The lowest BCUT2D eigenvalue weighted by atomic mass is 10.0. The first-order valence-electron chi connectivity index (χ1n) is 19.3. The number of amides is 5. The number of unbranched alkanes of at least 4 members (excludes halogenated alkanes) is 13. The highest BCUT2D eigenvalue weighted by atomic mass is 16.7. The zero-order chi connectivity index (χ0) is 40.2. The molecule has 0 saturated carbocycles. The summed E-state index contributed by atoms with van der Waals surface area (Å²) in [7, 11) is 0. The van der Waals surface area contributed by atoms with Crippen LogP contribution < -0.4 is 16.0 Å². The lowest BCUT2D eigenvalue weighted by Crippen LogP contribution is -2.55. The molecule has 0 aromatic rings. The Kier molecular flexibility index (Phi) is 25.1. The molecule has 0 aromatic carbocycles. The Bertz CT molecular complexity index is 1190. The Morgan fingerprint density at radius 3 is 1.70 bits per heavy atom. The van der Waals surface area contributed by atoms with E-state index in [0.29, 0.717) is 11.5 Å². The summed E-state index contributed by atoms with van der Waals surface area (Å²) in [6.45, 7) is 2.79. The van der Waals surface area contributed by atoms with E-state index in [0.717, 1.165) is 51.4 Å². The highest BCUT2D eigenvalue weighted by Crippen LogP contribution is 2.15. The number of carbonyl (C=O) groups is 8. The Balaban J connectivity index is 2.09. The number of aliphatic carboxylic acids is 2. The highest BCUT2D eigenvalue weighted by molar-refractivity contribution is 6.01. The van der Waals surface area contributed by atoms with Crippen LogP contribution in [0, 0.1) is 0 Å². The summed E-state index contributed by atoms with van der Waals surface area (Å²) < 4.78 is 10.4. The smallest absolute Gasteiger partial charge is 0.358 e. The van der Waals surface area contributed by atoms with E-state index in [1.165, 1.54) is 46.0 Å². The van der Waals surface area contributed by atoms with Crippen molar-refractivity contribution >= 4 is 47.4 Å². The topological polar surface area (TPSA) is 244 Å². The minimum absolute atomic E-state index is 0.00879. The number of hydrogen-bond donors (Lipinski definition) is 5. The summed E-state index contributed by atoms with van der Waals surface area (Å²) >= 11 is 0. The molecule has 1 aliphatic rings. The van der Waals surface area contributed by atoms with Crippen molar-refractivity contribution in [2.45, 2.75) is 154 Å². The number of hydroxylamine groups is 2. The quantitative estimate of drug-likeness (QED) is 0.0476. The van der Waals surface area contributed by atoms with Gasteiger partial charge in [0.25, 0.3) is 11.8 Å². The van der Waals surface area contributed by atoms with Gasteiger partial charge in [-0.05, 0) is 33.1 Å². The molecule has 1 saturated heterocycles.